The molecule has 0 aromatic carbocycles. The zero-order valence-electron chi connectivity index (χ0n) is 10.6. The van der Waals surface area contributed by atoms with Crippen LogP contribution < -0.4 is 10.6 Å². The van der Waals surface area contributed by atoms with Crippen LogP contribution >= 0.6 is 0 Å². The predicted octanol–water partition coefficient (Wildman–Crippen LogP) is 0.195. The first-order valence-electron chi connectivity index (χ1n) is 7.01. The fraction of sp³-hybridized carbons (Fsp3) is 0.923. The van der Waals surface area contributed by atoms with Crippen molar-refractivity contribution in [3.05, 3.63) is 0 Å². The molecule has 0 radical (unpaired) electrons. The summed E-state index contributed by atoms with van der Waals surface area (Å²) in [5, 5.41) is 6.53. The van der Waals surface area contributed by atoms with Gasteiger partial charge in [0.15, 0.2) is 0 Å². The van der Waals surface area contributed by atoms with Crippen LogP contribution in [-0.2, 0) is 4.79 Å². The van der Waals surface area contributed by atoms with Gasteiger partial charge >= 0.3 is 0 Å². The van der Waals surface area contributed by atoms with E-state index >= 15 is 0 Å². The van der Waals surface area contributed by atoms with E-state index in [1.807, 2.05) is 0 Å². The van der Waals surface area contributed by atoms with E-state index in [-0.39, 0.29) is 11.8 Å². The fourth-order valence-corrected chi connectivity index (χ4v) is 3.44. The molecule has 4 heteroatoms. The molecule has 17 heavy (non-hydrogen) atoms. The second-order valence-corrected chi connectivity index (χ2v) is 5.86. The van der Waals surface area contributed by atoms with Crippen LogP contribution in [0.3, 0.4) is 0 Å². The maximum Gasteiger partial charge on any atom is 0.223 e. The van der Waals surface area contributed by atoms with Crippen LogP contribution in [-0.4, -0.2) is 49.1 Å². The number of hydrogen-bond donors (Lipinski definition) is 2. The number of rotatable bonds is 3. The molecule has 3 saturated heterocycles. The number of carbonyl (C=O) groups is 1. The van der Waals surface area contributed by atoms with Gasteiger partial charge in [0.2, 0.25) is 5.91 Å². The molecule has 3 heterocycles. The topological polar surface area (TPSA) is 44.4 Å². The van der Waals surface area contributed by atoms with Gasteiger partial charge in [0, 0.05) is 24.5 Å². The summed E-state index contributed by atoms with van der Waals surface area (Å²) in [7, 11) is 0. The first-order valence-corrected chi connectivity index (χ1v) is 7.01. The third kappa shape index (κ3) is 2.08. The lowest BCUT2D eigenvalue weighted by atomic mass is 9.88. The molecule has 3 unspecified atom stereocenters. The van der Waals surface area contributed by atoms with Crippen molar-refractivity contribution in [2.24, 2.45) is 11.8 Å². The second kappa shape index (κ2) is 4.58. The van der Waals surface area contributed by atoms with E-state index in [1.54, 1.807) is 0 Å². The highest BCUT2D eigenvalue weighted by molar-refractivity contribution is 5.79. The van der Waals surface area contributed by atoms with E-state index < -0.39 is 0 Å². The average molecular weight is 237 g/mol. The second-order valence-electron chi connectivity index (χ2n) is 5.86. The number of nitrogens with zero attached hydrogens (tertiary/aromatic N) is 1. The lowest BCUT2D eigenvalue weighted by Crippen LogP contribution is -2.52. The Morgan fingerprint density at radius 1 is 1.35 bits per heavy atom. The molecule has 1 amide bonds. The zero-order valence-corrected chi connectivity index (χ0v) is 10.6. The highest BCUT2D eigenvalue weighted by atomic mass is 16.2. The minimum atomic E-state index is 0.173. The highest BCUT2D eigenvalue weighted by Gasteiger charge is 2.39. The van der Waals surface area contributed by atoms with Crippen LogP contribution in [0.1, 0.15) is 26.2 Å². The van der Waals surface area contributed by atoms with Crippen molar-refractivity contribution in [2.45, 2.75) is 38.3 Å². The van der Waals surface area contributed by atoms with Crippen molar-refractivity contribution in [1.29, 1.82) is 0 Å². The van der Waals surface area contributed by atoms with E-state index in [4.69, 9.17) is 0 Å². The summed E-state index contributed by atoms with van der Waals surface area (Å²) in [4.78, 5) is 14.7. The standard InChI is InChI=1S/C13H23N3O/c1-9(10-7-14-8-10)13(17)15-11-4-6-16-5-2-3-12(11)16/h9-12,14H,2-8H2,1H3,(H,15,17). The molecule has 3 aliphatic heterocycles. The molecular formula is C13H23N3O. The van der Waals surface area contributed by atoms with Gasteiger partial charge in [-0.2, -0.15) is 0 Å². The van der Waals surface area contributed by atoms with Crippen molar-refractivity contribution in [3.63, 3.8) is 0 Å². The molecule has 3 fully saturated rings. The quantitative estimate of drug-likeness (QED) is 0.737. The number of nitrogens with one attached hydrogen (secondary N) is 2. The number of amides is 1. The van der Waals surface area contributed by atoms with Gasteiger partial charge in [0.05, 0.1) is 0 Å². The minimum Gasteiger partial charge on any atom is -0.352 e. The van der Waals surface area contributed by atoms with Crippen LogP contribution in [0.15, 0.2) is 0 Å². The van der Waals surface area contributed by atoms with Crippen LogP contribution in [0.25, 0.3) is 0 Å². The van der Waals surface area contributed by atoms with Gasteiger partial charge in [0.1, 0.15) is 0 Å². The van der Waals surface area contributed by atoms with Crippen LogP contribution in [0.5, 0.6) is 0 Å². The third-order valence-electron chi connectivity index (χ3n) is 4.87. The van der Waals surface area contributed by atoms with Crippen molar-refractivity contribution in [2.75, 3.05) is 26.2 Å². The largest absolute Gasteiger partial charge is 0.352 e. The molecule has 3 rings (SSSR count). The third-order valence-corrected chi connectivity index (χ3v) is 4.87. The zero-order chi connectivity index (χ0) is 11.8. The molecule has 0 aliphatic carbocycles. The Labute approximate surface area is 103 Å². The minimum absolute atomic E-state index is 0.173. The van der Waals surface area contributed by atoms with Gasteiger partial charge in [-0.15, -0.1) is 0 Å². The van der Waals surface area contributed by atoms with E-state index in [0.717, 1.165) is 19.5 Å². The Bertz CT molecular complexity index is 303. The van der Waals surface area contributed by atoms with E-state index in [9.17, 15) is 4.79 Å². The Morgan fingerprint density at radius 2 is 2.18 bits per heavy atom. The Balaban J connectivity index is 1.54. The summed E-state index contributed by atoms with van der Waals surface area (Å²) in [5.74, 6) is 0.998. The van der Waals surface area contributed by atoms with Gasteiger partial charge in [-0.05, 0) is 44.8 Å². The van der Waals surface area contributed by atoms with Crippen LogP contribution in [0.2, 0.25) is 0 Å². The molecule has 3 aliphatic rings. The van der Waals surface area contributed by atoms with Crippen molar-refractivity contribution >= 4 is 5.91 Å². The molecule has 0 bridgehead atoms. The summed E-state index contributed by atoms with van der Waals surface area (Å²) in [6.45, 7) is 6.50. The van der Waals surface area contributed by atoms with Gasteiger partial charge in [-0.1, -0.05) is 6.92 Å². The van der Waals surface area contributed by atoms with Crippen molar-refractivity contribution in [1.82, 2.24) is 15.5 Å². The molecule has 96 valence electrons. The van der Waals surface area contributed by atoms with Gasteiger partial charge in [0.25, 0.3) is 0 Å². The molecule has 0 spiro atoms. The first-order chi connectivity index (χ1) is 8.25. The predicted molar refractivity (Wildman–Crippen MR) is 66.7 cm³/mol. The Morgan fingerprint density at radius 3 is 2.88 bits per heavy atom. The lowest BCUT2D eigenvalue weighted by Gasteiger charge is -2.33. The summed E-state index contributed by atoms with van der Waals surface area (Å²) < 4.78 is 0. The maximum absolute atomic E-state index is 12.2. The summed E-state index contributed by atoms with van der Waals surface area (Å²) in [6, 6.07) is 1.05. The van der Waals surface area contributed by atoms with E-state index in [0.29, 0.717) is 18.0 Å². The molecule has 0 aromatic heterocycles. The van der Waals surface area contributed by atoms with Crippen LogP contribution in [0, 0.1) is 11.8 Å². The number of carbonyl (C=O) groups excluding carboxylic acids is 1. The van der Waals surface area contributed by atoms with Gasteiger partial charge < -0.3 is 10.6 Å². The molecule has 4 nitrogen and oxygen atoms in total. The smallest absolute Gasteiger partial charge is 0.223 e. The van der Waals surface area contributed by atoms with Gasteiger partial charge in [-0.25, -0.2) is 0 Å². The fourth-order valence-electron chi connectivity index (χ4n) is 3.44. The number of hydrogen-bond acceptors (Lipinski definition) is 3. The molecule has 0 saturated carbocycles. The summed E-state index contributed by atoms with van der Waals surface area (Å²) in [6.07, 6.45) is 3.72. The van der Waals surface area contributed by atoms with Crippen molar-refractivity contribution in [3.8, 4) is 0 Å². The molecular weight excluding hydrogens is 214 g/mol. The van der Waals surface area contributed by atoms with E-state index in [1.165, 1.54) is 25.9 Å². The summed E-state index contributed by atoms with van der Waals surface area (Å²) >= 11 is 0. The van der Waals surface area contributed by atoms with Gasteiger partial charge in [-0.3, -0.25) is 9.69 Å². The Hall–Kier alpha value is -0.610. The summed E-state index contributed by atoms with van der Waals surface area (Å²) in [5.41, 5.74) is 0. The number of fused-ring (bicyclic) bond motifs is 1. The maximum atomic E-state index is 12.2. The molecule has 0 aromatic rings. The normalized spacial score (nSPS) is 35.4. The highest BCUT2D eigenvalue weighted by Crippen LogP contribution is 2.28. The Kier molecular flexibility index (Phi) is 3.09. The average Bonchev–Trinajstić information content (AvgIpc) is 2.79. The SMILES string of the molecule is CC(C(=O)NC1CCN2CCCC12)C1CNC1. The molecule has 3 atom stereocenters. The lowest BCUT2D eigenvalue weighted by molar-refractivity contribution is -0.127. The molecule has 2 N–H and O–H groups in total. The van der Waals surface area contributed by atoms with Crippen molar-refractivity contribution < 1.29 is 4.79 Å². The first kappa shape index (κ1) is 11.5. The monoisotopic (exact) mass is 237 g/mol. The van der Waals surface area contributed by atoms with E-state index in [2.05, 4.69) is 22.5 Å². The van der Waals surface area contributed by atoms with Crippen LogP contribution in [0.4, 0.5) is 0 Å².